The van der Waals surface area contributed by atoms with Gasteiger partial charge in [0.25, 0.3) is 0 Å². The average molecular weight is 228 g/mol. The zero-order chi connectivity index (χ0) is 11.4. The first-order valence-corrected chi connectivity index (χ1v) is 5.04. The molecule has 1 aromatic rings. The molecule has 1 atom stereocenters. The molecule has 0 aliphatic rings. The molecule has 1 aromatic carbocycles. The fourth-order valence-corrected chi connectivity index (χ4v) is 1.38. The molecule has 1 unspecified atom stereocenters. The summed E-state index contributed by atoms with van der Waals surface area (Å²) in [5, 5.41) is 2.69. The topological polar surface area (TPSA) is 38.3 Å². The van der Waals surface area contributed by atoms with Crippen LogP contribution in [0.1, 0.15) is 15.9 Å². The molecule has 0 spiro atoms. The first-order chi connectivity index (χ1) is 7.10. The fourth-order valence-electron chi connectivity index (χ4n) is 1.25. The van der Waals surface area contributed by atoms with Crippen molar-refractivity contribution < 1.29 is 9.53 Å². The number of ether oxygens (including phenoxy) is 1. The molecule has 82 valence electrons. The van der Waals surface area contributed by atoms with E-state index in [1.54, 1.807) is 26.3 Å². The number of hydrogen-bond donors (Lipinski definition) is 1. The van der Waals surface area contributed by atoms with Gasteiger partial charge in [-0.15, -0.1) is 0 Å². The van der Waals surface area contributed by atoms with Crippen molar-refractivity contribution in [2.75, 3.05) is 14.2 Å². The Morgan fingerprint density at radius 1 is 1.53 bits per heavy atom. The molecule has 0 aliphatic carbocycles. The van der Waals surface area contributed by atoms with Crippen molar-refractivity contribution in [2.45, 2.75) is 12.4 Å². The van der Waals surface area contributed by atoms with Gasteiger partial charge in [0.15, 0.2) is 5.78 Å². The van der Waals surface area contributed by atoms with Gasteiger partial charge in [0, 0.05) is 5.56 Å². The lowest BCUT2D eigenvalue weighted by Crippen LogP contribution is -2.28. The van der Waals surface area contributed by atoms with Crippen LogP contribution in [0.3, 0.4) is 0 Å². The normalized spacial score (nSPS) is 12.3. The maximum Gasteiger partial charge on any atom is 0.195 e. The summed E-state index contributed by atoms with van der Waals surface area (Å²) in [6.07, 6.45) is 0. The van der Waals surface area contributed by atoms with Gasteiger partial charge in [-0.05, 0) is 25.6 Å². The van der Waals surface area contributed by atoms with Crippen molar-refractivity contribution in [3.05, 3.63) is 29.3 Å². The van der Waals surface area contributed by atoms with Crippen molar-refractivity contribution in [1.29, 1.82) is 0 Å². The molecule has 1 rings (SSSR count). The highest BCUT2D eigenvalue weighted by Crippen LogP contribution is 2.20. The van der Waals surface area contributed by atoms with Crippen molar-refractivity contribution in [2.24, 2.45) is 0 Å². The van der Waals surface area contributed by atoms with E-state index in [2.05, 4.69) is 5.32 Å². The zero-order valence-electron chi connectivity index (χ0n) is 9.00. The highest BCUT2D eigenvalue weighted by atomic mass is 35.5. The molecule has 0 amide bonds. The Balaban J connectivity index is 3.01. The number of methoxy groups -OCH3 is 1. The average Bonchev–Trinajstić information content (AvgIpc) is 2.27. The number of carbonyl (C=O) groups is 1. The minimum Gasteiger partial charge on any atom is -0.496 e. The van der Waals surface area contributed by atoms with Crippen LogP contribution in [-0.4, -0.2) is 25.4 Å². The van der Waals surface area contributed by atoms with Crippen LogP contribution in [0.2, 0.25) is 0 Å². The second-order valence-electron chi connectivity index (χ2n) is 3.20. The van der Waals surface area contributed by atoms with Crippen LogP contribution in [-0.2, 0) is 0 Å². The monoisotopic (exact) mass is 227 g/mol. The molecule has 4 heteroatoms. The third kappa shape index (κ3) is 2.70. The lowest BCUT2D eigenvalue weighted by atomic mass is 10.1. The molecule has 15 heavy (non-hydrogen) atoms. The van der Waals surface area contributed by atoms with Gasteiger partial charge in [-0.3, -0.25) is 10.1 Å². The maximum atomic E-state index is 11.7. The predicted octanol–water partition coefficient (Wildman–Crippen LogP) is 1.97. The Morgan fingerprint density at radius 2 is 2.20 bits per heavy atom. The van der Waals surface area contributed by atoms with Crippen molar-refractivity contribution >= 4 is 17.4 Å². The first kappa shape index (κ1) is 12.0. The van der Waals surface area contributed by atoms with Gasteiger partial charge in [-0.2, -0.15) is 0 Å². The third-order valence-corrected chi connectivity index (χ3v) is 2.59. The molecule has 0 bridgehead atoms. The maximum absolute atomic E-state index is 11.7. The summed E-state index contributed by atoms with van der Waals surface area (Å²) >= 11 is 5.78. The lowest BCUT2D eigenvalue weighted by Gasteiger charge is -2.09. The van der Waals surface area contributed by atoms with E-state index in [1.165, 1.54) is 0 Å². The van der Waals surface area contributed by atoms with E-state index in [4.69, 9.17) is 16.3 Å². The van der Waals surface area contributed by atoms with Crippen molar-refractivity contribution in [3.63, 3.8) is 0 Å². The smallest absolute Gasteiger partial charge is 0.195 e. The Hall–Kier alpha value is -1.06. The van der Waals surface area contributed by atoms with Crippen LogP contribution < -0.4 is 10.1 Å². The van der Waals surface area contributed by atoms with Gasteiger partial charge < -0.3 is 4.74 Å². The number of halogens is 1. The Bertz CT molecular complexity index is 366. The molecule has 0 heterocycles. The standard InChI is InChI=1S/C11H14ClNO2/c1-7-4-5-8(6-9(7)15-3)10(14)11(12)13-2/h4-6,11,13H,1-3H3. The van der Waals surface area contributed by atoms with Crippen LogP contribution in [0, 0.1) is 6.92 Å². The summed E-state index contributed by atoms with van der Waals surface area (Å²) in [4.78, 5) is 11.7. The largest absolute Gasteiger partial charge is 0.496 e. The molecule has 0 aromatic heterocycles. The first-order valence-electron chi connectivity index (χ1n) is 4.60. The number of ketones is 1. The van der Waals surface area contributed by atoms with Gasteiger partial charge in [0.1, 0.15) is 11.3 Å². The minimum absolute atomic E-state index is 0.155. The SMILES string of the molecule is CNC(Cl)C(=O)c1ccc(C)c(OC)c1. The van der Waals surface area contributed by atoms with E-state index in [0.717, 1.165) is 5.56 Å². The second kappa shape index (κ2) is 5.14. The Morgan fingerprint density at radius 3 is 2.73 bits per heavy atom. The molecular formula is C11H14ClNO2. The Labute approximate surface area is 94.4 Å². The summed E-state index contributed by atoms with van der Waals surface area (Å²) in [7, 11) is 3.22. The minimum atomic E-state index is -0.697. The van der Waals surface area contributed by atoms with E-state index in [-0.39, 0.29) is 5.78 Å². The molecule has 0 fully saturated rings. The summed E-state index contributed by atoms with van der Waals surface area (Å²) in [5.41, 5.74) is 0.842. The lowest BCUT2D eigenvalue weighted by molar-refractivity contribution is 0.0978. The molecule has 0 radical (unpaired) electrons. The molecule has 0 saturated heterocycles. The number of rotatable bonds is 4. The summed E-state index contributed by atoms with van der Waals surface area (Å²) < 4.78 is 5.13. The third-order valence-electron chi connectivity index (χ3n) is 2.18. The summed E-state index contributed by atoms with van der Waals surface area (Å²) in [6.45, 7) is 1.92. The van der Waals surface area contributed by atoms with E-state index >= 15 is 0 Å². The van der Waals surface area contributed by atoms with Gasteiger partial charge in [-0.25, -0.2) is 0 Å². The number of alkyl halides is 1. The van der Waals surface area contributed by atoms with Crippen LogP contribution in [0.25, 0.3) is 0 Å². The highest BCUT2D eigenvalue weighted by Gasteiger charge is 2.16. The number of Topliss-reactive ketones (excluding diaryl/α,β-unsaturated/α-hetero) is 1. The second-order valence-corrected chi connectivity index (χ2v) is 3.64. The molecule has 1 N–H and O–H groups in total. The van der Waals surface area contributed by atoms with Crippen LogP contribution in [0.15, 0.2) is 18.2 Å². The molecule has 0 saturated carbocycles. The van der Waals surface area contributed by atoms with Gasteiger partial charge in [0.05, 0.1) is 7.11 Å². The number of benzene rings is 1. The van der Waals surface area contributed by atoms with Crippen LogP contribution in [0.4, 0.5) is 0 Å². The van der Waals surface area contributed by atoms with Crippen molar-refractivity contribution in [1.82, 2.24) is 5.32 Å². The Kier molecular flexibility index (Phi) is 4.12. The number of carbonyl (C=O) groups excluding carboxylic acids is 1. The highest BCUT2D eigenvalue weighted by molar-refractivity contribution is 6.33. The van der Waals surface area contributed by atoms with E-state index in [1.807, 2.05) is 13.0 Å². The predicted molar refractivity (Wildman–Crippen MR) is 60.8 cm³/mol. The zero-order valence-corrected chi connectivity index (χ0v) is 9.76. The quantitative estimate of drug-likeness (QED) is 0.486. The summed E-state index contributed by atoms with van der Waals surface area (Å²) in [5.74, 6) is 0.540. The van der Waals surface area contributed by atoms with E-state index in [0.29, 0.717) is 11.3 Å². The van der Waals surface area contributed by atoms with E-state index in [9.17, 15) is 4.79 Å². The van der Waals surface area contributed by atoms with Crippen LogP contribution >= 0.6 is 11.6 Å². The van der Waals surface area contributed by atoms with Crippen molar-refractivity contribution in [3.8, 4) is 5.75 Å². The van der Waals surface area contributed by atoms with Gasteiger partial charge in [-0.1, -0.05) is 23.7 Å². The van der Waals surface area contributed by atoms with Crippen LogP contribution in [0.5, 0.6) is 5.75 Å². The number of likely N-dealkylation sites (N-methyl/N-ethyl adjacent to an activating group) is 1. The van der Waals surface area contributed by atoms with Gasteiger partial charge in [0.2, 0.25) is 0 Å². The number of hydrogen-bond acceptors (Lipinski definition) is 3. The molecule has 3 nitrogen and oxygen atoms in total. The molecular weight excluding hydrogens is 214 g/mol. The molecule has 0 aliphatic heterocycles. The van der Waals surface area contributed by atoms with E-state index < -0.39 is 5.50 Å². The number of nitrogens with one attached hydrogen (secondary N) is 1. The fraction of sp³-hybridized carbons (Fsp3) is 0.364. The number of aryl methyl sites for hydroxylation is 1. The van der Waals surface area contributed by atoms with Gasteiger partial charge >= 0.3 is 0 Å². The summed E-state index contributed by atoms with van der Waals surface area (Å²) in [6, 6.07) is 5.28.